The third-order valence-corrected chi connectivity index (χ3v) is 4.94. The Bertz CT molecular complexity index is 642. The SMILES string of the molecule is CC(NS(=O)(=O)c1ccc(N)c(F)c1)C(=O)N1CCCC1. The van der Waals surface area contributed by atoms with E-state index in [1.165, 1.54) is 19.1 Å². The molecule has 3 N–H and O–H groups in total. The fraction of sp³-hybridized carbons (Fsp3) is 0.462. The van der Waals surface area contributed by atoms with Gasteiger partial charge in [-0.25, -0.2) is 12.8 Å². The first-order chi connectivity index (χ1) is 9.81. The first-order valence-corrected chi connectivity index (χ1v) is 8.16. The van der Waals surface area contributed by atoms with Crippen LogP contribution in [-0.2, 0) is 14.8 Å². The molecule has 1 aliphatic heterocycles. The number of sulfonamides is 1. The molecule has 1 aliphatic rings. The van der Waals surface area contributed by atoms with Crippen LogP contribution in [0.1, 0.15) is 19.8 Å². The molecule has 1 fully saturated rings. The van der Waals surface area contributed by atoms with Crippen LogP contribution in [0.15, 0.2) is 23.1 Å². The standard InChI is InChI=1S/C13H18FN3O3S/c1-9(13(18)17-6-2-3-7-17)16-21(19,20)10-4-5-12(15)11(14)8-10/h4-5,8-9,16H,2-3,6-7,15H2,1H3. The second-order valence-electron chi connectivity index (χ2n) is 5.06. The molecule has 0 saturated carbocycles. The molecule has 1 saturated heterocycles. The van der Waals surface area contributed by atoms with Crippen LogP contribution in [0.5, 0.6) is 0 Å². The first-order valence-electron chi connectivity index (χ1n) is 6.67. The second kappa shape index (κ2) is 5.98. The third kappa shape index (κ3) is 3.51. The molecule has 116 valence electrons. The van der Waals surface area contributed by atoms with Crippen molar-refractivity contribution in [3.63, 3.8) is 0 Å². The fourth-order valence-electron chi connectivity index (χ4n) is 2.24. The number of likely N-dealkylation sites (tertiary alicyclic amines) is 1. The quantitative estimate of drug-likeness (QED) is 0.800. The molecule has 0 aliphatic carbocycles. The maximum Gasteiger partial charge on any atom is 0.241 e. The minimum absolute atomic E-state index is 0.129. The van der Waals surface area contributed by atoms with Gasteiger partial charge in [0, 0.05) is 13.1 Å². The largest absolute Gasteiger partial charge is 0.396 e. The molecular weight excluding hydrogens is 297 g/mol. The summed E-state index contributed by atoms with van der Waals surface area (Å²) in [6.45, 7) is 2.76. The van der Waals surface area contributed by atoms with Crippen LogP contribution in [0.4, 0.5) is 10.1 Å². The lowest BCUT2D eigenvalue weighted by atomic mass is 10.3. The van der Waals surface area contributed by atoms with Crippen LogP contribution in [0.3, 0.4) is 0 Å². The summed E-state index contributed by atoms with van der Waals surface area (Å²) in [4.78, 5) is 13.4. The molecule has 1 aromatic rings. The molecule has 1 heterocycles. The van der Waals surface area contributed by atoms with E-state index in [2.05, 4.69) is 4.72 Å². The van der Waals surface area contributed by atoms with Crippen LogP contribution in [0.2, 0.25) is 0 Å². The van der Waals surface area contributed by atoms with E-state index in [4.69, 9.17) is 5.73 Å². The van der Waals surface area contributed by atoms with Crippen LogP contribution in [0, 0.1) is 5.82 Å². The van der Waals surface area contributed by atoms with Crippen molar-refractivity contribution in [2.45, 2.75) is 30.7 Å². The number of benzene rings is 1. The van der Waals surface area contributed by atoms with E-state index in [1.54, 1.807) is 4.90 Å². The molecule has 1 aromatic carbocycles. The summed E-state index contributed by atoms with van der Waals surface area (Å²) in [5, 5.41) is 0. The number of hydrogen-bond donors (Lipinski definition) is 2. The zero-order valence-corrected chi connectivity index (χ0v) is 12.5. The van der Waals surface area contributed by atoms with E-state index in [-0.39, 0.29) is 16.5 Å². The maximum atomic E-state index is 13.4. The number of nitrogens with two attached hydrogens (primary N) is 1. The van der Waals surface area contributed by atoms with Gasteiger partial charge in [-0.05, 0) is 38.0 Å². The monoisotopic (exact) mass is 315 g/mol. The Morgan fingerprint density at radius 3 is 2.57 bits per heavy atom. The minimum Gasteiger partial charge on any atom is -0.396 e. The molecule has 0 bridgehead atoms. The van der Waals surface area contributed by atoms with Crippen molar-refractivity contribution >= 4 is 21.6 Å². The number of amides is 1. The second-order valence-corrected chi connectivity index (χ2v) is 6.77. The number of halogens is 1. The molecule has 0 radical (unpaired) electrons. The molecule has 0 spiro atoms. The van der Waals surface area contributed by atoms with Crippen molar-refractivity contribution in [1.29, 1.82) is 0 Å². The third-order valence-electron chi connectivity index (χ3n) is 3.40. The van der Waals surface area contributed by atoms with E-state index in [0.29, 0.717) is 13.1 Å². The summed E-state index contributed by atoms with van der Waals surface area (Å²) in [6.07, 6.45) is 1.85. The van der Waals surface area contributed by atoms with E-state index in [0.717, 1.165) is 18.9 Å². The number of carbonyl (C=O) groups excluding carboxylic acids is 1. The summed E-state index contributed by atoms with van der Waals surface area (Å²) in [6, 6.07) is 2.32. The first kappa shape index (κ1) is 15.7. The van der Waals surface area contributed by atoms with Crippen LogP contribution in [-0.4, -0.2) is 38.4 Å². The Hall–Kier alpha value is -1.67. The lowest BCUT2D eigenvalue weighted by Crippen LogP contribution is -2.45. The smallest absolute Gasteiger partial charge is 0.241 e. The van der Waals surface area contributed by atoms with Gasteiger partial charge in [0.05, 0.1) is 16.6 Å². The number of carbonyl (C=O) groups is 1. The summed E-state index contributed by atoms with van der Waals surface area (Å²) in [5.41, 5.74) is 5.18. The number of hydrogen-bond acceptors (Lipinski definition) is 4. The molecule has 1 atom stereocenters. The van der Waals surface area contributed by atoms with Crippen molar-refractivity contribution < 1.29 is 17.6 Å². The van der Waals surface area contributed by atoms with Crippen LogP contribution >= 0.6 is 0 Å². The number of anilines is 1. The Balaban J connectivity index is 2.12. The molecular formula is C13H18FN3O3S. The topological polar surface area (TPSA) is 92.5 Å². The highest BCUT2D eigenvalue weighted by molar-refractivity contribution is 7.89. The molecule has 0 aromatic heterocycles. The van der Waals surface area contributed by atoms with Crippen LogP contribution in [0.25, 0.3) is 0 Å². The summed E-state index contributed by atoms with van der Waals surface area (Å²) < 4.78 is 39.9. The van der Waals surface area contributed by atoms with Gasteiger partial charge in [-0.15, -0.1) is 0 Å². The van der Waals surface area contributed by atoms with Gasteiger partial charge in [-0.2, -0.15) is 4.72 Å². The number of rotatable bonds is 4. The van der Waals surface area contributed by atoms with Crippen LogP contribution < -0.4 is 10.5 Å². The summed E-state index contributed by atoms with van der Waals surface area (Å²) in [7, 11) is -3.97. The van der Waals surface area contributed by atoms with Gasteiger partial charge in [0.1, 0.15) is 5.82 Å². The Morgan fingerprint density at radius 2 is 2.00 bits per heavy atom. The minimum atomic E-state index is -3.97. The zero-order valence-electron chi connectivity index (χ0n) is 11.7. The lowest BCUT2D eigenvalue weighted by molar-refractivity contribution is -0.131. The van der Waals surface area contributed by atoms with Gasteiger partial charge in [0.2, 0.25) is 15.9 Å². The van der Waals surface area contributed by atoms with Crippen molar-refractivity contribution in [1.82, 2.24) is 9.62 Å². The predicted molar refractivity (Wildman–Crippen MR) is 76.4 cm³/mol. The Kier molecular flexibility index (Phi) is 4.48. The lowest BCUT2D eigenvalue weighted by Gasteiger charge is -2.21. The highest BCUT2D eigenvalue weighted by Crippen LogP contribution is 2.17. The molecule has 2 rings (SSSR count). The average molecular weight is 315 g/mol. The number of nitrogen functional groups attached to an aromatic ring is 1. The van der Waals surface area contributed by atoms with E-state index >= 15 is 0 Å². The summed E-state index contributed by atoms with van der Waals surface area (Å²) >= 11 is 0. The van der Waals surface area contributed by atoms with Crippen molar-refractivity contribution in [3.05, 3.63) is 24.0 Å². The van der Waals surface area contributed by atoms with Crippen molar-refractivity contribution in [2.75, 3.05) is 18.8 Å². The van der Waals surface area contributed by atoms with Gasteiger partial charge >= 0.3 is 0 Å². The Labute approximate surface area is 123 Å². The normalized spacial score (nSPS) is 17.0. The molecule has 1 amide bonds. The van der Waals surface area contributed by atoms with E-state index in [9.17, 15) is 17.6 Å². The zero-order chi connectivity index (χ0) is 15.6. The van der Waals surface area contributed by atoms with Crippen molar-refractivity contribution in [2.24, 2.45) is 0 Å². The number of nitrogens with one attached hydrogen (secondary N) is 1. The van der Waals surface area contributed by atoms with Gasteiger partial charge in [-0.1, -0.05) is 0 Å². The van der Waals surface area contributed by atoms with Gasteiger partial charge in [0.25, 0.3) is 0 Å². The van der Waals surface area contributed by atoms with Gasteiger partial charge in [-0.3, -0.25) is 4.79 Å². The highest BCUT2D eigenvalue weighted by atomic mass is 32.2. The van der Waals surface area contributed by atoms with E-state index < -0.39 is 21.9 Å². The average Bonchev–Trinajstić information content (AvgIpc) is 2.94. The van der Waals surface area contributed by atoms with E-state index in [1.807, 2.05) is 0 Å². The number of nitrogens with zero attached hydrogens (tertiary/aromatic N) is 1. The van der Waals surface area contributed by atoms with Gasteiger partial charge < -0.3 is 10.6 Å². The fourth-order valence-corrected chi connectivity index (χ4v) is 3.45. The molecule has 1 unspecified atom stereocenters. The molecule has 21 heavy (non-hydrogen) atoms. The van der Waals surface area contributed by atoms with Gasteiger partial charge in [0.15, 0.2) is 0 Å². The van der Waals surface area contributed by atoms with Crippen molar-refractivity contribution in [3.8, 4) is 0 Å². The maximum absolute atomic E-state index is 13.4. The predicted octanol–water partition coefficient (Wildman–Crippen LogP) is 0.697. The highest BCUT2D eigenvalue weighted by Gasteiger charge is 2.27. The summed E-state index contributed by atoms with van der Waals surface area (Å²) in [5.74, 6) is -1.08. The molecule has 6 nitrogen and oxygen atoms in total. The Morgan fingerprint density at radius 1 is 1.38 bits per heavy atom. The molecule has 8 heteroatoms.